The third-order valence-electron chi connectivity index (χ3n) is 5.89. The highest BCUT2D eigenvalue weighted by Gasteiger charge is 2.39. The zero-order valence-corrected chi connectivity index (χ0v) is 19.6. The molecule has 1 aliphatic heterocycles. The summed E-state index contributed by atoms with van der Waals surface area (Å²) in [6.07, 6.45) is 0. The van der Waals surface area contributed by atoms with Gasteiger partial charge in [0.25, 0.3) is 0 Å². The number of halogens is 1. The molecule has 2 amide bonds. The monoisotopic (exact) mass is 475 g/mol. The largest absolute Gasteiger partial charge is 0.350 e. The maximum atomic E-state index is 13.8. The van der Waals surface area contributed by atoms with E-state index >= 15 is 0 Å². The number of aryl methyl sites for hydroxylation is 1. The highest BCUT2D eigenvalue weighted by Crippen LogP contribution is 2.43. The van der Waals surface area contributed by atoms with E-state index in [0.717, 1.165) is 27.1 Å². The van der Waals surface area contributed by atoms with Crippen LogP contribution in [-0.2, 0) is 23.2 Å². The Hall–Kier alpha value is -3.22. The maximum Gasteiger partial charge on any atom is 0.248 e. The lowest BCUT2D eigenvalue weighted by Crippen LogP contribution is -2.43. The summed E-state index contributed by atoms with van der Waals surface area (Å²) in [5, 5.41) is 5.54. The van der Waals surface area contributed by atoms with E-state index in [2.05, 4.69) is 9.88 Å². The molecule has 1 atom stereocenters. The molecule has 0 radical (unpaired) electrons. The number of hydrogen-bond acceptors (Lipinski definition) is 3. The number of nitrogens with zero attached hydrogens (tertiary/aromatic N) is 2. The summed E-state index contributed by atoms with van der Waals surface area (Å²) in [5.74, 6) is -0.105. The zero-order valence-electron chi connectivity index (χ0n) is 18.0. The van der Waals surface area contributed by atoms with Gasteiger partial charge in [0.15, 0.2) is 0 Å². The van der Waals surface area contributed by atoms with Crippen molar-refractivity contribution >= 4 is 51.8 Å². The molecule has 0 aliphatic carbocycles. The SMILES string of the molecule is Cn1c2c(c3ccccc31)C(C(=O)NCc1ccccc1)N(c1ccc(Cl)cc1)C(=O)CS2. The van der Waals surface area contributed by atoms with Gasteiger partial charge in [0.2, 0.25) is 11.8 Å². The van der Waals surface area contributed by atoms with Crippen molar-refractivity contribution in [2.24, 2.45) is 7.05 Å². The molecule has 1 aliphatic rings. The third kappa shape index (κ3) is 4.01. The molecule has 3 aromatic carbocycles. The fourth-order valence-electron chi connectivity index (χ4n) is 4.34. The lowest BCUT2D eigenvalue weighted by atomic mass is 10.0. The summed E-state index contributed by atoms with van der Waals surface area (Å²) in [7, 11) is 1.98. The molecule has 0 bridgehead atoms. The van der Waals surface area contributed by atoms with E-state index in [4.69, 9.17) is 11.6 Å². The van der Waals surface area contributed by atoms with Crippen molar-refractivity contribution in [3.63, 3.8) is 0 Å². The lowest BCUT2D eigenvalue weighted by Gasteiger charge is -2.30. The van der Waals surface area contributed by atoms with Gasteiger partial charge < -0.3 is 9.88 Å². The predicted octanol–water partition coefficient (Wildman–Crippen LogP) is 5.33. The van der Waals surface area contributed by atoms with Crippen molar-refractivity contribution in [3.05, 3.63) is 95.0 Å². The van der Waals surface area contributed by atoms with E-state index in [0.29, 0.717) is 17.3 Å². The van der Waals surface area contributed by atoms with E-state index in [1.807, 2.05) is 61.6 Å². The summed E-state index contributed by atoms with van der Waals surface area (Å²) in [4.78, 5) is 28.8. The highest BCUT2D eigenvalue weighted by atomic mass is 35.5. The molecular formula is C26H22ClN3O2S. The van der Waals surface area contributed by atoms with Gasteiger partial charge >= 0.3 is 0 Å². The number of fused-ring (bicyclic) bond motifs is 3. The Balaban J connectivity index is 1.65. The van der Waals surface area contributed by atoms with Crippen LogP contribution in [0.2, 0.25) is 5.02 Å². The number of anilines is 1. The number of para-hydroxylation sites is 1. The molecule has 1 N–H and O–H groups in total. The Morgan fingerprint density at radius 2 is 1.73 bits per heavy atom. The molecule has 1 unspecified atom stereocenters. The number of aromatic nitrogens is 1. The minimum atomic E-state index is -0.807. The Morgan fingerprint density at radius 3 is 2.48 bits per heavy atom. The van der Waals surface area contributed by atoms with Crippen molar-refractivity contribution in [2.75, 3.05) is 10.7 Å². The van der Waals surface area contributed by atoms with E-state index in [9.17, 15) is 9.59 Å². The van der Waals surface area contributed by atoms with E-state index in [1.54, 1.807) is 29.2 Å². The summed E-state index contributed by atoms with van der Waals surface area (Å²) >= 11 is 7.58. The van der Waals surface area contributed by atoms with Crippen molar-refractivity contribution < 1.29 is 9.59 Å². The van der Waals surface area contributed by atoms with Crippen LogP contribution in [0.5, 0.6) is 0 Å². The highest BCUT2D eigenvalue weighted by molar-refractivity contribution is 8.00. The average molecular weight is 476 g/mol. The smallest absolute Gasteiger partial charge is 0.248 e. The van der Waals surface area contributed by atoms with Crippen LogP contribution in [-0.4, -0.2) is 22.1 Å². The average Bonchev–Trinajstić information content (AvgIpc) is 3.01. The van der Waals surface area contributed by atoms with Gasteiger partial charge in [-0.3, -0.25) is 14.5 Å². The van der Waals surface area contributed by atoms with Gasteiger partial charge in [-0.25, -0.2) is 0 Å². The fraction of sp³-hybridized carbons (Fsp3) is 0.154. The van der Waals surface area contributed by atoms with E-state index in [1.165, 1.54) is 11.8 Å². The van der Waals surface area contributed by atoms with E-state index in [-0.39, 0.29) is 17.6 Å². The number of nitrogens with one attached hydrogen (secondary N) is 1. The molecule has 1 aromatic heterocycles. The van der Waals surface area contributed by atoms with Gasteiger partial charge in [-0.05, 0) is 35.9 Å². The van der Waals surface area contributed by atoms with Crippen LogP contribution in [0.15, 0.2) is 83.9 Å². The van der Waals surface area contributed by atoms with Gasteiger partial charge in [-0.15, -0.1) is 0 Å². The lowest BCUT2D eigenvalue weighted by molar-refractivity contribution is -0.125. The van der Waals surface area contributed by atoms with Crippen molar-refractivity contribution in [3.8, 4) is 0 Å². The first-order valence-corrected chi connectivity index (χ1v) is 12.0. The van der Waals surface area contributed by atoms with E-state index < -0.39 is 6.04 Å². The standard InChI is InChI=1S/C26H22ClN3O2S/c1-29-21-10-6-5-9-20(21)23-24(25(32)28-15-17-7-3-2-4-8-17)30(22(31)16-33-26(23)29)19-13-11-18(27)12-14-19/h2-14,24H,15-16H2,1H3,(H,28,32). The molecule has 2 heterocycles. The molecule has 0 saturated heterocycles. The summed E-state index contributed by atoms with van der Waals surface area (Å²) < 4.78 is 2.07. The Kier molecular flexibility index (Phi) is 5.87. The number of benzene rings is 3. The molecule has 4 aromatic rings. The summed E-state index contributed by atoms with van der Waals surface area (Å²) in [6, 6.07) is 24.0. The summed E-state index contributed by atoms with van der Waals surface area (Å²) in [6.45, 7) is 0.381. The molecule has 0 saturated carbocycles. The van der Waals surface area contributed by atoms with Crippen LogP contribution >= 0.6 is 23.4 Å². The number of carbonyl (C=O) groups excluding carboxylic acids is 2. The topological polar surface area (TPSA) is 54.3 Å². The normalized spacial score (nSPS) is 15.9. The molecule has 0 fully saturated rings. The quantitative estimate of drug-likeness (QED) is 0.434. The molecule has 0 spiro atoms. The fourth-order valence-corrected chi connectivity index (χ4v) is 5.53. The number of carbonyl (C=O) groups is 2. The summed E-state index contributed by atoms with van der Waals surface area (Å²) in [5.41, 5.74) is 3.52. The van der Waals surface area contributed by atoms with Crippen LogP contribution in [0.4, 0.5) is 5.69 Å². The Labute approximate surface area is 201 Å². The first-order chi connectivity index (χ1) is 16.0. The van der Waals surface area contributed by atoms with Crippen molar-refractivity contribution in [1.29, 1.82) is 0 Å². The minimum absolute atomic E-state index is 0.123. The van der Waals surface area contributed by atoms with Crippen LogP contribution in [0.25, 0.3) is 10.9 Å². The number of hydrogen-bond donors (Lipinski definition) is 1. The molecular weight excluding hydrogens is 454 g/mol. The van der Waals surface area contributed by atoms with Crippen LogP contribution in [0, 0.1) is 0 Å². The van der Waals surface area contributed by atoms with Gasteiger partial charge in [-0.1, -0.05) is 71.9 Å². The predicted molar refractivity (Wildman–Crippen MR) is 134 cm³/mol. The Morgan fingerprint density at radius 1 is 1.03 bits per heavy atom. The number of amides is 2. The van der Waals surface area contributed by atoms with Crippen LogP contribution in [0.1, 0.15) is 17.2 Å². The first kappa shape index (κ1) is 21.6. The minimum Gasteiger partial charge on any atom is -0.350 e. The van der Waals surface area contributed by atoms with Crippen molar-refractivity contribution in [2.45, 2.75) is 17.6 Å². The first-order valence-electron chi connectivity index (χ1n) is 10.6. The van der Waals surface area contributed by atoms with Crippen LogP contribution < -0.4 is 10.2 Å². The second kappa shape index (κ2) is 8.96. The van der Waals surface area contributed by atoms with Gasteiger partial charge in [0.05, 0.1) is 10.8 Å². The number of rotatable bonds is 4. The molecule has 33 heavy (non-hydrogen) atoms. The zero-order chi connectivity index (χ0) is 22.9. The van der Waals surface area contributed by atoms with Gasteiger partial charge in [0, 0.05) is 40.8 Å². The second-order valence-corrected chi connectivity index (χ2v) is 9.33. The van der Waals surface area contributed by atoms with Gasteiger partial charge in [0.1, 0.15) is 6.04 Å². The number of thioether (sulfide) groups is 1. The third-order valence-corrected chi connectivity index (χ3v) is 7.30. The Bertz CT molecular complexity index is 1340. The van der Waals surface area contributed by atoms with Gasteiger partial charge in [-0.2, -0.15) is 0 Å². The van der Waals surface area contributed by atoms with Crippen LogP contribution in [0.3, 0.4) is 0 Å². The molecule has 5 rings (SSSR count). The molecule has 166 valence electrons. The van der Waals surface area contributed by atoms with Crippen molar-refractivity contribution in [1.82, 2.24) is 9.88 Å². The maximum absolute atomic E-state index is 13.8. The molecule has 5 nitrogen and oxygen atoms in total. The second-order valence-electron chi connectivity index (χ2n) is 7.93. The molecule has 7 heteroatoms.